The predicted molar refractivity (Wildman–Crippen MR) is 60.7 cm³/mol. The maximum atomic E-state index is 11.7. The molecule has 0 fully saturated rings. The van der Waals surface area contributed by atoms with Crippen molar-refractivity contribution in [3.05, 3.63) is 22.2 Å². The van der Waals surface area contributed by atoms with Gasteiger partial charge in [0.2, 0.25) is 5.82 Å². The summed E-state index contributed by atoms with van der Waals surface area (Å²) in [7, 11) is 0. The normalized spacial score (nSPS) is 10.4. The molecule has 16 heavy (non-hydrogen) atoms. The molecular weight excluding hydrogens is 226 g/mol. The monoisotopic (exact) mass is 237 g/mol. The molecule has 0 saturated heterocycles. The summed E-state index contributed by atoms with van der Waals surface area (Å²) in [4.78, 5) is 20.9. The van der Waals surface area contributed by atoms with E-state index in [0.29, 0.717) is 11.0 Å². The summed E-state index contributed by atoms with van der Waals surface area (Å²) in [5.41, 5.74) is 0.923. The summed E-state index contributed by atoms with van der Waals surface area (Å²) in [6, 6.07) is 0. The number of rotatable bonds is 2. The zero-order valence-corrected chi connectivity index (χ0v) is 9.97. The van der Waals surface area contributed by atoms with E-state index in [1.807, 2.05) is 13.8 Å². The van der Waals surface area contributed by atoms with Crippen LogP contribution in [-0.2, 0) is 0 Å². The third kappa shape index (κ3) is 2.08. The number of amides is 1. The van der Waals surface area contributed by atoms with Gasteiger partial charge in [-0.2, -0.15) is 0 Å². The van der Waals surface area contributed by atoms with E-state index in [0.717, 1.165) is 10.6 Å². The van der Waals surface area contributed by atoms with Gasteiger partial charge in [-0.3, -0.25) is 15.2 Å². The van der Waals surface area contributed by atoms with Gasteiger partial charge < -0.3 is 0 Å². The molecule has 84 valence electrons. The van der Waals surface area contributed by atoms with Gasteiger partial charge in [-0.05, 0) is 20.8 Å². The van der Waals surface area contributed by atoms with Gasteiger partial charge in [0.05, 0.1) is 5.69 Å². The Labute approximate surface area is 96.1 Å². The molecular formula is C9H11N5OS. The molecule has 0 atom stereocenters. The molecule has 2 rings (SSSR count). The zero-order valence-electron chi connectivity index (χ0n) is 9.16. The number of anilines is 1. The summed E-state index contributed by atoms with van der Waals surface area (Å²) in [6.45, 7) is 5.60. The van der Waals surface area contributed by atoms with Crippen LogP contribution in [0.15, 0.2) is 0 Å². The number of H-pyrrole nitrogens is 1. The Morgan fingerprint density at radius 2 is 2.06 bits per heavy atom. The molecule has 0 spiro atoms. The van der Waals surface area contributed by atoms with Gasteiger partial charge >= 0.3 is 0 Å². The summed E-state index contributed by atoms with van der Waals surface area (Å²) in [5, 5.41) is 9.61. The van der Waals surface area contributed by atoms with Gasteiger partial charge in [0.25, 0.3) is 5.91 Å². The number of aromatic nitrogens is 4. The van der Waals surface area contributed by atoms with Crippen molar-refractivity contribution in [2.45, 2.75) is 20.8 Å². The Balaban J connectivity index is 2.13. The lowest BCUT2D eigenvalue weighted by molar-refractivity contribution is 0.101. The Morgan fingerprint density at radius 3 is 2.56 bits per heavy atom. The van der Waals surface area contributed by atoms with E-state index in [1.165, 1.54) is 11.3 Å². The third-order valence-electron chi connectivity index (χ3n) is 2.05. The van der Waals surface area contributed by atoms with Gasteiger partial charge in [0, 0.05) is 4.88 Å². The fourth-order valence-corrected chi connectivity index (χ4v) is 1.93. The van der Waals surface area contributed by atoms with E-state index in [4.69, 9.17) is 0 Å². The summed E-state index contributed by atoms with van der Waals surface area (Å²) >= 11 is 1.44. The maximum absolute atomic E-state index is 11.7. The van der Waals surface area contributed by atoms with Crippen molar-refractivity contribution >= 4 is 22.4 Å². The summed E-state index contributed by atoms with van der Waals surface area (Å²) in [5.74, 6) is 0.387. The zero-order chi connectivity index (χ0) is 11.7. The first-order chi connectivity index (χ1) is 7.56. The second kappa shape index (κ2) is 4.01. The first-order valence-electron chi connectivity index (χ1n) is 4.70. The second-order valence-electron chi connectivity index (χ2n) is 3.36. The van der Waals surface area contributed by atoms with E-state index in [9.17, 15) is 4.79 Å². The highest BCUT2D eigenvalue weighted by Gasteiger charge is 2.13. The van der Waals surface area contributed by atoms with Crippen LogP contribution < -0.4 is 5.32 Å². The quantitative estimate of drug-likeness (QED) is 0.827. The fraction of sp³-hybridized carbons (Fsp3) is 0.333. The average molecular weight is 237 g/mol. The largest absolute Gasteiger partial charge is 0.297 e. The van der Waals surface area contributed by atoms with Crippen molar-refractivity contribution < 1.29 is 4.79 Å². The number of hydrogen-bond acceptors (Lipinski definition) is 5. The lowest BCUT2D eigenvalue weighted by Gasteiger charge is -1.95. The minimum atomic E-state index is -0.349. The van der Waals surface area contributed by atoms with Crippen molar-refractivity contribution in [1.29, 1.82) is 0 Å². The average Bonchev–Trinajstić information content (AvgIpc) is 2.75. The Morgan fingerprint density at radius 1 is 1.31 bits per heavy atom. The molecule has 6 nitrogen and oxygen atoms in total. The SMILES string of the molecule is Cc1nc(C(=O)Nc2nc(C)c(C)s2)n[nH]1. The highest BCUT2D eigenvalue weighted by atomic mass is 32.1. The van der Waals surface area contributed by atoms with Crippen LogP contribution in [0.2, 0.25) is 0 Å². The van der Waals surface area contributed by atoms with Gasteiger partial charge in [0.1, 0.15) is 5.82 Å². The van der Waals surface area contributed by atoms with Crippen LogP contribution in [0.1, 0.15) is 27.0 Å². The maximum Gasteiger partial charge on any atom is 0.297 e. The fourth-order valence-electron chi connectivity index (χ4n) is 1.12. The Kier molecular flexibility index (Phi) is 2.69. The number of nitrogens with one attached hydrogen (secondary N) is 2. The molecule has 0 radical (unpaired) electrons. The minimum Gasteiger partial charge on any atom is -0.295 e. The van der Waals surface area contributed by atoms with E-state index in [1.54, 1.807) is 6.92 Å². The number of carbonyl (C=O) groups is 1. The van der Waals surface area contributed by atoms with Crippen LogP contribution in [0.3, 0.4) is 0 Å². The molecule has 0 aliphatic heterocycles. The molecule has 0 aliphatic rings. The first kappa shape index (κ1) is 10.7. The van der Waals surface area contributed by atoms with Crippen molar-refractivity contribution in [2.24, 2.45) is 0 Å². The van der Waals surface area contributed by atoms with Crippen LogP contribution in [0.5, 0.6) is 0 Å². The molecule has 0 aromatic carbocycles. The number of nitrogens with zero attached hydrogens (tertiary/aromatic N) is 3. The van der Waals surface area contributed by atoms with Crippen molar-refractivity contribution in [3.8, 4) is 0 Å². The number of aromatic amines is 1. The van der Waals surface area contributed by atoms with Gasteiger partial charge in [-0.1, -0.05) is 0 Å². The summed E-state index contributed by atoms with van der Waals surface area (Å²) in [6.07, 6.45) is 0. The molecule has 1 amide bonds. The number of carbonyl (C=O) groups excluding carboxylic acids is 1. The molecule has 0 bridgehead atoms. The van der Waals surface area contributed by atoms with E-state index < -0.39 is 0 Å². The lowest BCUT2D eigenvalue weighted by atomic mass is 10.4. The van der Waals surface area contributed by atoms with Gasteiger partial charge in [0.15, 0.2) is 5.13 Å². The van der Waals surface area contributed by atoms with Crippen molar-refractivity contribution in [2.75, 3.05) is 5.32 Å². The molecule has 7 heteroatoms. The molecule has 0 aliphatic carbocycles. The minimum absolute atomic E-state index is 0.128. The molecule has 2 heterocycles. The Hall–Kier alpha value is -1.76. The standard InChI is InChI=1S/C9H11N5OS/c1-4-5(2)16-9(10-4)12-8(15)7-11-6(3)13-14-7/h1-3H3,(H,10,12,15)(H,11,13,14). The van der Waals surface area contributed by atoms with Crippen LogP contribution in [0.4, 0.5) is 5.13 Å². The first-order valence-corrected chi connectivity index (χ1v) is 5.52. The summed E-state index contributed by atoms with van der Waals surface area (Å²) < 4.78 is 0. The number of aryl methyl sites for hydroxylation is 3. The van der Waals surface area contributed by atoms with Crippen molar-refractivity contribution in [3.63, 3.8) is 0 Å². The number of hydrogen-bond donors (Lipinski definition) is 2. The Bertz CT molecular complexity index is 510. The third-order valence-corrected chi connectivity index (χ3v) is 3.04. The molecule has 2 N–H and O–H groups in total. The van der Waals surface area contributed by atoms with Gasteiger partial charge in [-0.15, -0.1) is 16.4 Å². The van der Waals surface area contributed by atoms with E-state index in [-0.39, 0.29) is 11.7 Å². The topological polar surface area (TPSA) is 83.6 Å². The molecule has 2 aromatic rings. The smallest absolute Gasteiger partial charge is 0.295 e. The van der Waals surface area contributed by atoms with Crippen molar-refractivity contribution in [1.82, 2.24) is 20.2 Å². The van der Waals surface area contributed by atoms with E-state index in [2.05, 4.69) is 25.5 Å². The predicted octanol–water partition coefficient (Wildman–Crippen LogP) is 1.44. The van der Waals surface area contributed by atoms with Crippen LogP contribution in [0, 0.1) is 20.8 Å². The highest BCUT2D eigenvalue weighted by molar-refractivity contribution is 7.15. The van der Waals surface area contributed by atoms with Gasteiger partial charge in [-0.25, -0.2) is 9.97 Å². The van der Waals surface area contributed by atoms with Crippen LogP contribution in [0.25, 0.3) is 0 Å². The van der Waals surface area contributed by atoms with E-state index >= 15 is 0 Å². The highest BCUT2D eigenvalue weighted by Crippen LogP contribution is 2.21. The second-order valence-corrected chi connectivity index (χ2v) is 4.56. The molecule has 0 saturated carbocycles. The van der Waals surface area contributed by atoms with Crippen LogP contribution >= 0.6 is 11.3 Å². The molecule has 2 aromatic heterocycles. The number of thiazole rings is 1. The van der Waals surface area contributed by atoms with Crippen LogP contribution in [-0.4, -0.2) is 26.1 Å². The molecule has 0 unspecified atom stereocenters. The lowest BCUT2D eigenvalue weighted by Crippen LogP contribution is -2.13.